The normalized spacial score (nSPS) is 12.8. The molecule has 0 spiro atoms. The molecule has 1 aromatic heterocycles. The molecule has 0 fully saturated rings. The number of pyridine rings is 1. The molecule has 1 aliphatic heterocycles. The van der Waals surface area contributed by atoms with Crippen molar-refractivity contribution in [2.75, 3.05) is 12.5 Å². The molecule has 0 amide bonds. The molecule has 0 saturated carbocycles. The van der Waals surface area contributed by atoms with Crippen molar-refractivity contribution in [2.45, 2.75) is 0 Å². The second kappa shape index (κ2) is 3.41. The van der Waals surface area contributed by atoms with E-state index >= 15 is 0 Å². The molecule has 0 saturated heterocycles. The van der Waals surface area contributed by atoms with Crippen LogP contribution in [0.5, 0.6) is 11.5 Å². The van der Waals surface area contributed by atoms with Crippen molar-refractivity contribution < 1.29 is 9.47 Å². The van der Waals surface area contributed by atoms with Gasteiger partial charge in [0.1, 0.15) is 5.82 Å². The lowest BCUT2D eigenvalue weighted by Gasteiger charge is -2.03. The predicted molar refractivity (Wildman–Crippen MR) is 60.2 cm³/mol. The number of nitrogen functional groups attached to an aromatic ring is 1. The highest BCUT2D eigenvalue weighted by Gasteiger charge is 2.13. The summed E-state index contributed by atoms with van der Waals surface area (Å²) >= 11 is 0. The first kappa shape index (κ1) is 9.03. The zero-order valence-corrected chi connectivity index (χ0v) is 8.51. The van der Waals surface area contributed by atoms with E-state index in [1.54, 1.807) is 12.3 Å². The second-order valence-electron chi connectivity index (χ2n) is 3.54. The van der Waals surface area contributed by atoms with Crippen molar-refractivity contribution in [3.05, 3.63) is 36.5 Å². The van der Waals surface area contributed by atoms with Crippen LogP contribution in [0.25, 0.3) is 11.1 Å². The average Bonchev–Trinajstić information content (AvgIpc) is 2.77. The molecule has 3 rings (SSSR count). The Morgan fingerprint density at radius 1 is 1.00 bits per heavy atom. The van der Waals surface area contributed by atoms with Crippen LogP contribution in [-0.2, 0) is 0 Å². The zero-order chi connectivity index (χ0) is 11.0. The Balaban J connectivity index is 2.03. The maximum absolute atomic E-state index is 5.54. The number of nitrogens with zero attached hydrogens (tertiary/aromatic N) is 1. The van der Waals surface area contributed by atoms with Gasteiger partial charge in [-0.3, -0.25) is 0 Å². The Labute approximate surface area is 92.6 Å². The van der Waals surface area contributed by atoms with Gasteiger partial charge in [-0.1, -0.05) is 6.07 Å². The average molecular weight is 214 g/mol. The number of hydrogen-bond donors (Lipinski definition) is 1. The van der Waals surface area contributed by atoms with Crippen molar-refractivity contribution in [3.8, 4) is 22.6 Å². The molecule has 4 heteroatoms. The molecule has 2 heterocycles. The molecule has 4 nitrogen and oxygen atoms in total. The monoisotopic (exact) mass is 214 g/mol. The summed E-state index contributed by atoms with van der Waals surface area (Å²) in [5, 5.41) is 0. The standard InChI is InChI=1S/C12H10N2O2/c13-12-4-2-9(6-14-12)8-1-3-10-11(5-8)16-7-15-10/h1-6H,7H2,(H2,13,14). The van der Waals surface area contributed by atoms with Gasteiger partial charge >= 0.3 is 0 Å². The Bertz CT molecular complexity index is 523. The van der Waals surface area contributed by atoms with Gasteiger partial charge in [0.15, 0.2) is 11.5 Å². The van der Waals surface area contributed by atoms with E-state index in [2.05, 4.69) is 4.98 Å². The maximum Gasteiger partial charge on any atom is 0.231 e. The number of aromatic nitrogens is 1. The van der Waals surface area contributed by atoms with Gasteiger partial charge in [0.2, 0.25) is 6.79 Å². The fraction of sp³-hybridized carbons (Fsp3) is 0.0833. The van der Waals surface area contributed by atoms with Crippen molar-refractivity contribution in [1.29, 1.82) is 0 Å². The fourth-order valence-corrected chi connectivity index (χ4v) is 1.65. The van der Waals surface area contributed by atoms with Gasteiger partial charge in [-0.05, 0) is 29.8 Å². The summed E-state index contributed by atoms with van der Waals surface area (Å²) in [6.07, 6.45) is 1.74. The van der Waals surface area contributed by atoms with Gasteiger partial charge in [0, 0.05) is 11.8 Å². The van der Waals surface area contributed by atoms with Crippen molar-refractivity contribution in [1.82, 2.24) is 4.98 Å². The largest absolute Gasteiger partial charge is 0.454 e. The number of benzene rings is 1. The lowest BCUT2D eigenvalue weighted by Crippen LogP contribution is -1.92. The van der Waals surface area contributed by atoms with Gasteiger partial charge in [0.25, 0.3) is 0 Å². The number of hydrogen-bond acceptors (Lipinski definition) is 4. The highest BCUT2D eigenvalue weighted by atomic mass is 16.7. The van der Waals surface area contributed by atoms with Crippen molar-refractivity contribution in [2.24, 2.45) is 0 Å². The summed E-state index contributed by atoms with van der Waals surface area (Å²) in [6.45, 7) is 0.290. The van der Waals surface area contributed by atoms with E-state index in [0.29, 0.717) is 12.6 Å². The summed E-state index contributed by atoms with van der Waals surface area (Å²) in [7, 11) is 0. The third kappa shape index (κ3) is 1.44. The first-order chi connectivity index (χ1) is 7.83. The Kier molecular flexibility index (Phi) is 1.93. The third-order valence-corrected chi connectivity index (χ3v) is 2.49. The van der Waals surface area contributed by atoms with E-state index in [9.17, 15) is 0 Å². The summed E-state index contributed by atoms with van der Waals surface area (Å²) in [5.74, 6) is 2.07. The van der Waals surface area contributed by atoms with Crippen LogP contribution in [0.4, 0.5) is 5.82 Å². The molecule has 1 aromatic carbocycles. The molecular formula is C12H10N2O2. The Morgan fingerprint density at radius 2 is 1.81 bits per heavy atom. The van der Waals surface area contributed by atoms with Crippen LogP contribution in [0.2, 0.25) is 0 Å². The van der Waals surface area contributed by atoms with Gasteiger partial charge in [-0.25, -0.2) is 4.98 Å². The van der Waals surface area contributed by atoms with Crippen LogP contribution in [0, 0.1) is 0 Å². The first-order valence-corrected chi connectivity index (χ1v) is 4.94. The van der Waals surface area contributed by atoms with Gasteiger partial charge < -0.3 is 15.2 Å². The molecule has 16 heavy (non-hydrogen) atoms. The van der Waals surface area contributed by atoms with Crippen LogP contribution in [0.1, 0.15) is 0 Å². The Hall–Kier alpha value is -2.23. The number of rotatable bonds is 1. The van der Waals surface area contributed by atoms with E-state index in [4.69, 9.17) is 15.2 Å². The fourth-order valence-electron chi connectivity index (χ4n) is 1.65. The zero-order valence-electron chi connectivity index (χ0n) is 8.51. The molecule has 2 N–H and O–H groups in total. The molecule has 0 radical (unpaired) electrons. The quantitative estimate of drug-likeness (QED) is 0.789. The number of fused-ring (bicyclic) bond motifs is 1. The van der Waals surface area contributed by atoms with E-state index < -0.39 is 0 Å². The van der Waals surface area contributed by atoms with Gasteiger partial charge in [0.05, 0.1) is 0 Å². The topological polar surface area (TPSA) is 57.4 Å². The SMILES string of the molecule is Nc1ccc(-c2ccc3c(c2)OCO3)cn1. The van der Waals surface area contributed by atoms with Gasteiger partial charge in [-0.15, -0.1) is 0 Å². The molecule has 1 aliphatic rings. The second-order valence-corrected chi connectivity index (χ2v) is 3.54. The summed E-state index contributed by atoms with van der Waals surface area (Å²) in [6, 6.07) is 9.52. The van der Waals surface area contributed by atoms with Crippen molar-refractivity contribution >= 4 is 5.82 Å². The number of anilines is 1. The minimum absolute atomic E-state index is 0.290. The van der Waals surface area contributed by atoms with Crippen LogP contribution in [-0.4, -0.2) is 11.8 Å². The number of nitrogens with two attached hydrogens (primary N) is 1. The highest BCUT2D eigenvalue weighted by molar-refractivity contribution is 5.67. The van der Waals surface area contributed by atoms with E-state index in [1.165, 1.54) is 0 Å². The third-order valence-electron chi connectivity index (χ3n) is 2.49. The molecule has 0 unspecified atom stereocenters. The van der Waals surface area contributed by atoms with Crippen LogP contribution in [0.15, 0.2) is 36.5 Å². The van der Waals surface area contributed by atoms with Crippen LogP contribution in [0.3, 0.4) is 0 Å². The lowest BCUT2D eigenvalue weighted by molar-refractivity contribution is 0.174. The first-order valence-electron chi connectivity index (χ1n) is 4.94. The molecule has 0 bridgehead atoms. The minimum Gasteiger partial charge on any atom is -0.454 e. The minimum atomic E-state index is 0.290. The molecule has 2 aromatic rings. The smallest absolute Gasteiger partial charge is 0.231 e. The number of ether oxygens (including phenoxy) is 2. The van der Waals surface area contributed by atoms with Crippen molar-refractivity contribution in [3.63, 3.8) is 0 Å². The predicted octanol–water partition coefficient (Wildman–Crippen LogP) is 2.06. The molecule has 80 valence electrons. The summed E-state index contributed by atoms with van der Waals surface area (Å²) in [4.78, 5) is 4.05. The molecule has 0 atom stereocenters. The van der Waals surface area contributed by atoms with Crippen LogP contribution >= 0.6 is 0 Å². The van der Waals surface area contributed by atoms with Gasteiger partial charge in [-0.2, -0.15) is 0 Å². The Morgan fingerprint density at radius 3 is 2.62 bits per heavy atom. The van der Waals surface area contributed by atoms with E-state index in [0.717, 1.165) is 22.6 Å². The maximum atomic E-state index is 5.54. The lowest BCUT2D eigenvalue weighted by atomic mass is 10.1. The van der Waals surface area contributed by atoms with E-state index in [1.807, 2.05) is 24.3 Å². The van der Waals surface area contributed by atoms with Crippen LogP contribution < -0.4 is 15.2 Å². The molecule has 0 aliphatic carbocycles. The molecular weight excluding hydrogens is 204 g/mol. The summed E-state index contributed by atoms with van der Waals surface area (Å²) < 4.78 is 10.6. The van der Waals surface area contributed by atoms with E-state index in [-0.39, 0.29) is 0 Å². The summed E-state index contributed by atoms with van der Waals surface area (Å²) in [5.41, 5.74) is 7.58. The highest BCUT2D eigenvalue weighted by Crippen LogP contribution is 2.35.